The molecule has 0 unspecified atom stereocenters. The zero-order valence-corrected chi connectivity index (χ0v) is 18.2. The predicted molar refractivity (Wildman–Crippen MR) is 123 cm³/mol. The van der Waals surface area contributed by atoms with Gasteiger partial charge in [0.1, 0.15) is 5.15 Å². The Morgan fingerprint density at radius 1 is 0.968 bits per heavy atom. The largest absolute Gasteiger partial charge is 0.486 e. The molecule has 1 heterocycles. The molecule has 0 spiro atoms. The van der Waals surface area contributed by atoms with Crippen LogP contribution in [-0.4, -0.2) is 17.1 Å². The van der Waals surface area contributed by atoms with Crippen molar-refractivity contribution in [2.45, 2.75) is 13.1 Å². The molecule has 0 aliphatic heterocycles. The number of halogens is 4. The van der Waals surface area contributed by atoms with E-state index in [-0.39, 0.29) is 10.2 Å². The molecular weight excluding hydrogens is 443 g/mol. The average molecular weight is 460 g/mol. The molecule has 2 nitrogen and oxygen atoms in total. The number of alkyl halides is 3. The van der Waals surface area contributed by atoms with Crippen molar-refractivity contribution < 1.29 is 17.9 Å². The lowest BCUT2D eigenvalue weighted by molar-refractivity contribution is -0.137. The number of H-pyrrole nitrogens is 1. The molecule has 1 N–H and O–H groups in total. The molecule has 3 aromatic carbocycles. The normalized spacial score (nSPS) is 11.7. The number of methoxy groups -OCH3 is 1. The van der Waals surface area contributed by atoms with E-state index in [0.717, 1.165) is 28.6 Å². The average Bonchev–Trinajstić information content (AvgIpc) is 3.06. The molecule has 0 amide bonds. The summed E-state index contributed by atoms with van der Waals surface area (Å²) in [7, 11) is 1.46. The van der Waals surface area contributed by atoms with E-state index in [4.69, 9.17) is 28.6 Å². The van der Waals surface area contributed by atoms with Crippen LogP contribution < -0.4 is 0 Å². The van der Waals surface area contributed by atoms with Gasteiger partial charge in [-0.05, 0) is 65.7 Å². The summed E-state index contributed by atoms with van der Waals surface area (Å²) in [4.78, 5) is 3.09. The number of hydrogen-bond donors (Lipinski definition) is 1. The Morgan fingerprint density at radius 2 is 1.71 bits per heavy atom. The molecule has 0 aliphatic rings. The first-order valence-corrected chi connectivity index (χ1v) is 10.2. The maximum absolute atomic E-state index is 13.6. The second kappa shape index (κ2) is 8.02. The monoisotopic (exact) mass is 459 g/mol. The highest BCUT2D eigenvalue weighted by atomic mass is 35.5. The highest BCUT2D eigenvalue weighted by Gasteiger charge is 2.32. The Morgan fingerprint density at radius 3 is 2.42 bits per heavy atom. The summed E-state index contributed by atoms with van der Waals surface area (Å²) in [6.07, 6.45) is -4.50. The van der Waals surface area contributed by atoms with Gasteiger partial charge in [0.15, 0.2) is 5.05 Å². The fourth-order valence-corrected chi connectivity index (χ4v) is 4.19. The van der Waals surface area contributed by atoms with Gasteiger partial charge in [0.2, 0.25) is 0 Å². The highest BCUT2D eigenvalue weighted by molar-refractivity contribution is 7.80. The number of aromatic amines is 1. The first kappa shape index (κ1) is 21.4. The van der Waals surface area contributed by atoms with Gasteiger partial charge in [-0.15, -0.1) is 0 Å². The molecule has 0 bridgehead atoms. The summed E-state index contributed by atoms with van der Waals surface area (Å²) in [5.41, 5.74) is 3.74. The van der Waals surface area contributed by atoms with Gasteiger partial charge in [0.25, 0.3) is 0 Å². The second-order valence-corrected chi connectivity index (χ2v) is 7.91. The van der Waals surface area contributed by atoms with E-state index in [1.807, 2.05) is 25.1 Å². The standard InChI is InChI=1S/C24H17ClF3NOS/c1-13-7-9-18-20(11-13)29-22(25)21(18)19-12-14(24(26,27)28)8-10-16(19)15-5-3-4-6-17(15)23(31)30-2/h3-12,29H,1-2H3. The van der Waals surface area contributed by atoms with Crippen LogP contribution in [0.5, 0.6) is 0 Å². The highest BCUT2D eigenvalue weighted by Crippen LogP contribution is 2.44. The molecule has 0 atom stereocenters. The molecule has 4 aromatic rings. The van der Waals surface area contributed by atoms with Gasteiger partial charge in [0.05, 0.1) is 12.7 Å². The Balaban J connectivity index is 2.07. The van der Waals surface area contributed by atoms with Gasteiger partial charge in [0, 0.05) is 22.0 Å². The number of aromatic nitrogens is 1. The SMILES string of the molecule is COC(=S)c1ccccc1-c1ccc(C(F)(F)F)cc1-c1c(Cl)[nH]c2cc(C)ccc12. The maximum atomic E-state index is 13.6. The van der Waals surface area contributed by atoms with Gasteiger partial charge in [-0.2, -0.15) is 13.2 Å². The van der Waals surface area contributed by atoms with Crippen LogP contribution in [0, 0.1) is 6.92 Å². The summed E-state index contributed by atoms with van der Waals surface area (Å²) in [6.45, 7) is 1.94. The van der Waals surface area contributed by atoms with Crippen molar-refractivity contribution in [1.82, 2.24) is 4.98 Å². The third kappa shape index (κ3) is 3.93. The van der Waals surface area contributed by atoms with E-state index < -0.39 is 11.7 Å². The van der Waals surface area contributed by atoms with Gasteiger partial charge in [-0.3, -0.25) is 0 Å². The third-order valence-corrected chi connectivity index (χ3v) is 5.82. The Kier molecular flexibility index (Phi) is 5.54. The van der Waals surface area contributed by atoms with E-state index >= 15 is 0 Å². The Bertz CT molecular complexity index is 1310. The van der Waals surface area contributed by atoms with Crippen LogP contribution in [0.4, 0.5) is 13.2 Å². The Hall–Kier alpha value is -2.83. The molecule has 31 heavy (non-hydrogen) atoms. The topological polar surface area (TPSA) is 25.0 Å². The number of thiocarbonyl (C=S) groups is 1. The van der Waals surface area contributed by atoms with Crippen LogP contribution in [-0.2, 0) is 10.9 Å². The van der Waals surface area contributed by atoms with Crippen molar-refractivity contribution in [2.24, 2.45) is 0 Å². The zero-order valence-electron chi connectivity index (χ0n) is 16.6. The molecule has 0 aliphatic carbocycles. The van der Waals surface area contributed by atoms with Crippen LogP contribution in [0.2, 0.25) is 5.15 Å². The van der Waals surface area contributed by atoms with E-state index in [1.54, 1.807) is 24.3 Å². The first-order chi connectivity index (χ1) is 14.7. The molecule has 0 radical (unpaired) electrons. The molecule has 0 saturated heterocycles. The molecule has 7 heteroatoms. The summed E-state index contributed by atoms with van der Waals surface area (Å²) in [5, 5.41) is 1.26. The number of rotatable bonds is 3. The minimum Gasteiger partial charge on any atom is -0.486 e. The lowest BCUT2D eigenvalue weighted by atomic mass is 9.90. The number of aryl methyl sites for hydroxylation is 1. The number of nitrogens with one attached hydrogen (secondary N) is 1. The van der Waals surface area contributed by atoms with Crippen LogP contribution >= 0.6 is 23.8 Å². The van der Waals surface area contributed by atoms with Crippen LogP contribution in [0.1, 0.15) is 16.7 Å². The van der Waals surface area contributed by atoms with Gasteiger partial charge in [-0.1, -0.05) is 48.0 Å². The smallest absolute Gasteiger partial charge is 0.416 e. The predicted octanol–water partition coefficient (Wildman–Crippen LogP) is 7.80. The van der Waals surface area contributed by atoms with Crippen LogP contribution in [0.3, 0.4) is 0 Å². The van der Waals surface area contributed by atoms with Crippen molar-refractivity contribution >= 4 is 39.8 Å². The van der Waals surface area contributed by atoms with Crippen LogP contribution in [0.25, 0.3) is 33.2 Å². The summed E-state index contributed by atoms with van der Waals surface area (Å²) in [5.74, 6) is 0. The van der Waals surface area contributed by atoms with E-state index in [2.05, 4.69) is 4.98 Å². The lowest BCUT2D eigenvalue weighted by Crippen LogP contribution is -2.06. The van der Waals surface area contributed by atoms with E-state index in [0.29, 0.717) is 27.8 Å². The lowest BCUT2D eigenvalue weighted by Gasteiger charge is -2.17. The number of benzene rings is 3. The van der Waals surface area contributed by atoms with Crippen molar-refractivity contribution in [3.8, 4) is 22.3 Å². The minimum absolute atomic E-state index is 0.252. The van der Waals surface area contributed by atoms with Crippen molar-refractivity contribution in [3.63, 3.8) is 0 Å². The fraction of sp³-hybridized carbons (Fsp3) is 0.125. The number of hydrogen-bond acceptors (Lipinski definition) is 2. The van der Waals surface area contributed by atoms with Gasteiger partial charge >= 0.3 is 6.18 Å². The number of ether oxygens (including phenoxy) is 1. The van der Waals surface area contributed by atoms with Crippen molar-refractivity contribution in [2.75, 3.05) is 7.11 Å². The van der Waals surface area contributed by atoms with E-state index in [9.17, 15) is 13.2 Å². The first-order valence-electron chi connectivity index (χ1n) is 9.38. The third-order valence-electron chi connectivity index (χ3n) is 5.15. The zero-order chi connectivity index (χ0) is 22.3. The van der Waals surface area contributed by atoms with Gasteiger partial charge < -0.3 is 9.72 Å². The molecule has 0 saturated carbocycles. The van der Waals surface area contributed by atoms with E-state index in [1.165, 1.54) is 13.2 Å². The molecular formula is C24H17ClF3NOS. The number of fused-ring (bicyclic) bond motifs is 1. The molecule has 158 valence electrons. The second-order valence-electron chi connectivity index (χ2n) is 7.16. The van der Waals surface area contributed by atoms with Crippen LogP contribution in [0.15, 0.2) is 60.7 Å². The minimum atomic E-state index is -4.50. The molecule has 1 aromatic heterocycles. The molecule has 0 fully saturated rings. The van der Waals surface area contributed by atoms with Crippen molar-refractivity contribution in [3.05, 3.63) is 82.5 Å². The molecule has 4 rings (SSSR count). The Labute approximate surface area is 187 Å². The summed E-state index contributed by atoms with van der Waals surface area (Å²) < 4.78 is 46.0. The van der Waals surface area contributed by atoms with Crippen molar-refractivity contribution in [1.29, 1.82) is 0 Å². The quantitative estimate of drug-likeness (QED) is 0.316. The fourth-order valence-electron chi connectivity index (χ4n) is 3.71. The van der Waals surface area contributed by atoms with Gasteiger partial charge in [-0.25, -0.2) is 0 Å². The summed E-state index contributed by atoms with van der Waals surface area (Å²) in [6, 6.07) is 16.5. The maximum Gasteiger partial charge on any atom is 0.416 e. The summed E-state index contributed by atoms with van der Waals surface area (Å²) >= 11 is 11.8.